The molecule has 8 heteroatoms. The fourth-order valence-corrected chi connectivity index (χ4v) is 3.41. The number of aryl methyl sites for hydroxylation is 1. The molecule has 150 valence electrons. The van der Waals surface area contributed by atoms with Gasteiger partial charge in [0.2, 0.25) is 5.91 Å². The Labute approximate surface area is 163 Å². The summed E-state index contributed by atoms with van der Waals surface area (Å²) in [5.41, 5.74) is 0.888. The van der Waals surface area contributed by atoms with Crippen LogP contribution >= 0.6 is 0 Å². The molecule has 1 N–H and O–H groups in total. The lowest BCUT2D eigenvalue weighted by atomic mass is 10.1. The van der Waals surface area contributed by atoms with E-state index in [1.54, 1.807) is 36.9 Å². The molecule has 1 aliphatic heterocycles. The normalized spacial score (nSPS) is 13.6. The molecule has 0 fully saturated rings. The highest BCUT2D eigenvalue weighted by molar-refractivity contribution is 5.99. The lowest BCUT2D eigenvalue weighted by Gasteiger charge is -2.17. The summed E-state index contributed by atoms with van der Waals surface area (Å²) in [5.74, 6) is 0.237. The number of carbonyl (C=O) groups is 2. The number of ether oxygens (including phenoxy) is 1. The van der Waals surface area contributed by atoms with E-state index in [9.17, 15) is 14.4 Å². The molecule has 2 aromatic rings. The topological polar surface area (TPSA) is 93.5 Å². The van der Waals surface area contributed by atoms with Gasteiger partial charge < -0.3 is 15.0 Å². The van der Waals surface area contributed by atoms with Crippen LogP contribution in [-0.4, -0.2) is 60.1 Å². The van der Waals surface area contributed by atoms with Gasteiger partial charge in [-0.2, -0.15) is 0 Å². The Morgan fingerprint density at radius 1 is 1.29 bits per heavy atom. The molecule has 2 heterocycles. The minimum atomic E-state index is -0.291. The average molecular weight is 386 g/mol. The highest BCUT2D eigenvalue weighted by Gasteiger charge is 2.18. The van der Waals surface area contributed by atoms with Gasteiger partial charge >= 0.3 is 0 Å². The molecule has 0 bridgehead atoms. The average Bonchev–Trinajstić information content (AvgIpc) is 2.93. The number of fused-ring (bicyclic) bond motifs is 2. The van der Waals surface area contributed by atoms with Crippen LogP contribution in [0.3, 0.4) is 0 Å². The fourth-order valence-electron chi connectivity index (χ4n) is 3.41. The van der Waals surface area contributed by atoms with Crippen LogP contribution in [0.4, 0.5) is 0 Å². The van der Waals surface area contributed by atoms with Crippen molar-refractivity contribution in [3.8, 4) is 0 Å². The maximum atomic E-state index is 12.8. The number of methoxy groups -OCH3 is 1. The summed E-state index contributed by atoms with van der Waals surface area (Å²) in [6.45, 7) is 1.45. The van der Waals surface area contributed by atoms with Gasteiger partial charge in [-0.25, -0.2) is 4.98 Å². The van der Waals surface area contributed by atoms with Crippen LogP contribution in [0.1, 0.15) is 35.4 Å². The Morgan fingerprint density at radius 3 is 2.89 bits per heavy atom. The van der Waals surface area contributed by atoms with Crippen molar-refractivity contribution in [3.05, 3.63) is 39.9 Å². The van der Waals surface area contributed by atoms with Crippen LogP contribution < -0.4 is 10.9 Å². The number of amides is 2. The van der Waals surface area contributed by atoms with Crippen molar-refractivity contribution in [2.45, 2.75) is 32.2 Å². The minimum absolute atomic E-state index is 0.0493. The summed E-state index contributed by atoms with van der Waals surface area (Å²) in [5, 5.41) is 3.20. The molecular weight excluding hydrogens is 360 g/mol. The third-order valence-corrected chi connectivity index (χ3v) is 4.92. The maximum absolute atomic E-state index is 12.8. The second-order valence-electron chi connectivity index (χ2n) is 7.03. The number of carbonyl (C=O) groups excluding carboxylic acids is 2. The smallest absolute Gasteiger partial charge is 0.261 e. The highest BCUT2D eigenvalue weighted by Crippen LogP contribution is 2.17. The molecule has 1 aliphatic rings. The monoisotopic (exact) mass is 386 g/mol. The zero-order valence-electron chi connectivity index (χ0n) is 16.4. The van der Waals surface area contributed by atoms with E-state index in [1.165, 1.54) is 4.90 Å². The summed E-state index contributed by atoms with van der Waals surface area (Å²) >= 11 is 0. The van der Waals surface area contributed by atoms with Gasteiger partial charge in [-0.1, -0.05) is 6.42 Å². The molecule has 0 spiro atoms. The quantitative estimate of drug-likeness (QED) is 0.747. The van der Waals surface area contributed by atoms with E-state index in [4.69, 9.17) is 4.74 Å². The second-order valence-corrected chi connectivity index (χ2v) is 7.03. The van der Waals surface area contributed by atoms with E-state index in [2.05, 4.69) is 10.3 Å². The van der Waals surface area contributed by atoms with Crippen molar-refractivity contribution < 1.29 is 14.3 Å². The molecule has 0 saturated heterocycles. The number of benzene rings is 1. The molecule has 0 aliphatic carbocycles. The van der Waals surface area contributed by atoms with Crippen molar-refractivity contribution in [2.75, 3.05) is 33.9 Å². The van der Waals surface area contributed by atoms with Gasteiger partial charge in [0.15, 0.2) is 0 Å². The Bertz CT molecular complexity index is 938. The molecule has 8 nitrogen and oxygen atoms in total. The molecular formula is C20H26N4O4. The van der Waals surface area contributed by atoms with E-state index in [0.717, 1.165) is 31.5 Å². The zero-order valence-corrected chi connectivity index (χ0v) is 16.4. The van der Waals surface area contributed by atoms with Crippen LogP contribution in [0.25, 0.3) is 10.9 Å². The van der Waals surface area contributed by atoms with E-state index < -0.39 is 0 Å². The van der Waals surface area contributed by atoms with Crippen molar-refractivity contribution in [3.63, 3.8) is 0 Å². The number of hydrogen-bond donors (Lipinski definition) is 1. The molecule has 0 saturated carbocycles. The Hall–Kier alpha value is -2.74. The summed E-state index contributed by atoms with van der Waals surface area (Å²) in [6.07, 6.45) is 3.84. The van der Waals surface area contributed by atoms with Crippen LogP contribution in [0.15, 0.2) is 23.0 Å². The molecule has 0 atom stereocenters. The van der Waals surface area contributed by atoms with E-state index in [-0.39, 0.29) is 23.9 Å². The van der Waals surface area contributed by atoms with Crippen molar-refractivity contribution in [1.29, 1.82) is 0 Å². The Morgan fingerprint density at radius 2 is 2.11 bits per heavy atom. The first kappa shape index (κ1) is 20.0. The van der Waals surface area contributed by atoms with Crippen LogP contribution in [0, 0.1) is 0 Å². The Balaban J connectivity index is 1.80. The number of nitrogens with one attached hydrogen (secondary N) is 1. The third kappa shape index (κ3) is 4.39. The predicted octanol–water partition coefficient (Wildman–Crippen LogP) is 0.958. The number of aromatic nitrogens is 2. The Kier molecular flexibility index (Phi) is 6.41. The van der Waals surface area contributed by atoms with Crippen LogP contribution in [0.2, 0.25) is 0 Å². The van der Waals surface area contributed by atoms with E-state index in [1.807, 2.05) is 0 Å². The number of rotatable bonds is 6. The minimum Gasteiger partial charge on any atom is -0.383 e. The second kappa shape index (κ2) is 8.97. The van der Waals surface area contributed by atoms with Gasteiger partial charge in [0.1, 0.15) is 5.82 Å². The van der Waals surface area contributed by atoms with Gasteiger partial charge in [0.05, 0.1) is 24.1 Å². The maximum Gasteiger partial charge on any atom is 0.261 e. The standard InChI is InChI=1S/C20H26N4O4/c1-23(13-18(25)21-9-11-28-2)19(26)14-7-8-15-16(12-14)22-17-6-4-3-5-10-24(17)20(15)27/h7-8,12H,3-6,9-11,13H2,1-2H3,(H,21,25). The van der Waals surface area contributed by atoms with Gasteiger partial charge in [0.25, 0.3) is 11.5 Å². The zero-order chi connectivity index (χ0) is 20.1. The first-order chi connectivity index (χ1) is 13.5. The lowest BCUT2D eigenvalue weighted by molar-refractivity contribution is -0.121. The van der Waals surface area contributed by atoms with E-state index >= 15 is 0 Å². The number of nitrogens with zero attached hydrogens (tertiary/aromatic N) is 3. The molecule has 3 rings (SSSR count). The first-order valence-corrected chi connectivity index (χ1v) is 9.56. The van der Waals surface area contributed by atoms with Gasteiger partial charge in [-0.3, -0.25) is 19.0 Å². The largest absolute Gasteiger partial charge is 0.383 e. The van der Waals surface area contributed by atoms with Crippen molar-refractivity contribution in [1.82, 2.24) is 19.8 Å². The summed E-state index contributed by atoms with van der Waals surface area (Å²) in [4.78, 5) is 43.4. The molecule has 28 heavy (non-hydrogen) atoms. The predicted molar refractivity (Wildman–Crippen MR) is 105 cm³/mol. The highest BCUT2D eigenvalue weighted by atomic mass is 16.5. The molecule has 1 aromatic carbocycles. The van der Waals surface area contributed by atoms with Gasteiger partial charge in [-0.15, -0.1) is 0 Å². The SMILES string of the molecule is COCCNC(=O)CN(C)C(=O)c1ccc2c(=O)n3c(nc2c1)CCCCC3. The molecule has 2 amide bonds. The molecule has 0 unspecified atom stereocenters. The third-order valence-electron chi connectivity index (χ3n) is 4.92. The van der Waals surface area contributed by atoms with Crippen molar-refractivity contribution >= 4 is 22.7 Å². The summed E-state index contributed by atoms with van der Waals surface area (Å²) in [6, 6.07) is 4.92. The summed E-state index contributed by atoms with van der Waals surface area (Å²) in [7, 11) is 3.13. The fraction of sp³-hybridized carbons (Fsp3) is 0.500. The van der Waals surface area contributed by atoms with Crippen LogP contribution in [-0.2, 0) is 22.5 Å². The van der Waals surface area contributed by atoms with Crippen molar-refractivity contribution in [2.24, 2.45) is 0 Å². The van der Waals surface area contributed by atoms with E-state index in [0.29, 0.717) is 36.2 Å². The molecule has 0 radical (unpaired) electrons. The van der Waals surface area contributed by atoms with Gasteiger partial charge in [-0.05, 0) is 31.0 Å². The van der Waals surface area contributed by atoms with Crippen LogP contribution in [0.5, 0.6) is 0 Å². The molecule has 1 aromatic heterocycles. The van der Waals surface area contributed by atoms with Gasteiger partial charge in [0, 0.05) is 39.2 Å². The number of likely N-dealkylation sites (N-methyl/N-ethyl adjacent to an activating group) is 1. The lowest BCUT2D eigenvalue weighted by Crippen LogP contribution is -2.39. The first-order valence-electron chi connectivity index (χ1n) is 9.56. The summed E-state index contributed by atoms with van der Waals surface area (Å²) < 4.78 is 6.64. The number of hydrogen-bond acceptors (Lipinski definition) is 5.